The van der Waals surface area contributed by atoms with Gasteiger partial charge < -0.3 is 18.9 Å². The molecule has 88 heavy (non-hydrogen) atoms. The van der Waals surface area contributed by atoms with Gasteiger partial charge in [0.1, 0.15) is 19.8 Å². The number of likely N-dealkylation sites (N-methyl/N-ethyl adjacent to an activating group) is 1. The predicted molar refractivity (Wildman–Crippen MR) is 381 cm³/mol. The molecule has 0 saturated heterocycles. The molecule has 0 saturated carbocycles. The number of carbonyl (C=O) groups is 2. The molecule has 0 amide bonds. The van der Waals surface area contributed by atoms with Crippen LogP contribution in [-0.4, -0.2) is 74.9 Å². The van der Waals surface area contributed by atoms with Crippen LogP contribution in [0.5, 0.6) is 0 Å². The summed E-state index contributed by atoms with van der Waals surface area (Å²) in [5.41, 5.74) is 0. The monoisotopic (exact) mass is 1260 g/mol. The number of esters is 2. The number of ether oxygens (including phenoxy) is 2. The molecule has 2 atom stereocenters. The summed E-state index contributed by atoms with van der Waals surface area (Å²) >= 11 is 0. The first-order chi connectivity index (χ1) is 43.0. The number of allylic oxidation sites excluding steroid dienone is 10. The molecule has 0 spiro atoms. The highest BCUT2D eigenvalue weighted by atomic mass is 31.2. The maximum atomic E-state index is 12.9. The van der Waals surface area contributed by atoms with E-state index in [1.807, 2.05) is 21.1 Å². The second kappa shape index (κ2) is 69.1. The van der Waals surface area contributed by atoms with E-state index in [0.29, 0.717) is 23.9 Å². The zero-order chi connectivity index (χ0) is 64.1. The summed E-state index contributed by atoms with van der Waals surface area (Å²) in [5, 5.41) is 0. The maximum Gasteiger partial charge on any atom is 0.472 e. The largest absolute Gasteiger partial charge is 0.472 e. The van der Waals surface area contributed by atoms with Crippen LogP contribution in [0.2, 0.25) is 0 Å². The topological polar surface area (TPSA) is 108 Å². The molecular formula is C78H147NO8P+. The van der Waals surface area contributed by atoms with Crippen molar-refractivity contribution in [2.75, 3.05) is 47.5 Å². The van der Waals surface area contributed by atoms with Crippen molar-refractivity contribution in [2.45, 2.75) is 380 Å². The number of hydrogen-bond acceptors (Lipinski definition) is 7. The predicted octanol–water partition coefficient (Wildman–Crippen LogP) is 24.9. The maximum absolute atomic E-state index is 12.9. The van der Waals surface area contributed by atoms with Crippen molar-refractivity contribution in [3.63, 3.8) is 0 Å². The van der Waals surface area contributed by atoms with Crippen molar-refractivity contribution in [1.82, 2.24) is 0 Å². The van der Waals surface area contributed by atoms with Gasteiger partial charge in [-0.3, -0.25) is 18.6 Å². The average molecular weight is 1260 g/mol. The molecule has 0 fully saturated rings. The summed E-state index contributed by atoms with van der Waals surface area (Å²) in [6, 6.07) is 0. The third kappa shape index (κ3) is 72.8. The fourth-order valence-corrected chi connectivity index (χ4v) is 12.0. The lowest BCUT2D eigenvalue weighted by molar-refractivity contribution is -0.870. The highest BCUT2D eigenvalue weighted by Gasteiger charge is 2.27. The molecule has 0 aromatic carbocycles. The van der Waals surface area contributed by atoms with Crippen molar-refractivity contribution in [3.05, 3.63) is 60.8 Å². The first-order valence-electron chi connectivity index (χ1n) is 38.0. The molecule has 0 aliphatic carbocycles. The van der Waals surface area contributed by atoms with Crippen LogP contribution in [0.4, 0.5) is 0 Å². The number of nitrogens with zero attached hydrogens (tertiary/aromatic N) is 1. The van der Waals surface area contributed by atoms with Gasteiger partial charge in [0.15, 0.2) is 6.10 Å². The molecular weight excluding hydrogens is 1110 g/mol. The van der Waals surface area contributed by atoms with Crippen LogP contribution in [0, 0.1) is 0 Å². The van der Waals surface area contributed by atoms with Gasteiger partial charge in [-0.2, -0.15) is 0 Å². The minimum absolute atomic E-state index is 0.0321. The number of carbonyl (C=O) groups excluding carboxylic acids is 2. The Hall–Kier alpha value is -2.29. The van der Waals surface area contributed by atoms with E-state index >= 15 is 0 Å². The van der Waals surface area contributed by atoms with Crippen LogP contribution < -0.4 is 0 Å². The Morgan fingerprint density at radius 1 is 0.364 bits per heavy atom. The fourth-order valence-electron chi connectivity index (χ4n) is 11.3. The molecule has 0 rings (SSSR count). The van der Waals surface area contributed by atoms with Crippen molar-refractivity contribution < 1.29 is 42.1 Å². The molecule has 0 aromatic heterocycles. The SMILES string of the molecule is CC/C=C\C/C=C\C/C=C\C/C=C\C/C=C\CCCCCCCCCCCCCCCC(=O)OC(COC(=O)CCCCCCCCCCCCCCCCCCCCCCCCCCCCCCCCCCCCC)COP(=O)(O)OCC[N+](C)(C)C. The third-order valence-corrected chi connectivity index (χ3v) is 18.0. The lowest BCUT2D eigenvalue weighted by Crippen LogP contribution is -2.37. The minimum atomic E-state index is -4.39. The Morgan fingerprint density at radius 3 is 0.966 bits per heavy atom. The number of phosphoric ester groups is 1. The van der Waals surface area contributed by atoms with Gasteiger partial charge in [-0.15, -0.1) is 0 Å². The van der Waals surface area contributed by atoms with Gasteiger partial charge in [-0.25, -0.2) is 4.57 Å². The second-order valence-electron chi connectivity index (χ2n) is 27.0. The van der Waals surface area contributed by atoms with Gasteiger partial charge in [0, 0.05) is 12.8 Å². The Bertz CT molecular complexity index is 1670. The highest BCUT2D eigenvalue weighted by molar-refractivity contribution is 7.47. The lowest BCUT2D eigenvalue weighted by Gasteiger charge is -2.24. The molecule has 0 aromatic rings. The normalized spacial score (nSPS) is 13.4. The van der Waals surface area contributed by atoms with Crippen LogP contribution in [0.1, 0.15) is 373 Å². The Balaban J connectivity index is 3.95. The number of quaternary nitrogens is 1. The van der Waals surface area contributed by atoms with Crippen molar-refractivity contribution in [2.24, 2.45) is 0 Å². The molecule has 1 N–H and O–H groups in total. The third-order valence-electron chi connectivity index (χ3n) is 17.1. The Morgan fingerprint density at radius 2 is 0.648 bits per heavy atom. The van der Waals surface area contributed by atoms with Gasteiger partial charge in [-0.05, 0) is 57.8 Å². The van der Waals surface area contributed by atoms with E-state index in [2.05, 4.69) is 74.6 Å². The number of unbranched alkanes of at least 4 members (excludes halogenated alkanes) is 47. The van der Waals surface area contributed by atoms with Gasteiger partial charge in [0.2, 0.25) is 0 Å². The molecule has 2 unspecified atom stereocenters. The van der Waals surface area contributed by atoms with E-state index in [-0.39, 0.29) is 25.6 Å². The van der Waals surface area contributed by atoms with Gasteiger partial charge in [0.25, 0.3) is 0 Å². The summed E-state index contributed by atoms with van der Waals surface area (Å²) in [4.78, 5) is 35.9. The molecule has 0 aliphatic rings. The Kier molecular flexibility index (Phi) is 67.3. The summed E-state index contributed by atoms with van der Waals surface area (Å²) < 4.78 is 34.8. The summed E-state index contributed by atoms with van der Waals surface area (Å²) in [5.74, 6) is -0.781. The highest BCUT2D eigenvalue weighted by Crippen LogP contribution is 2.43. The average Bonchev–Trinajstić information content (AvgIpc) is 3.68. The standard InChI is InChI=1S/C78H146NO8P/c1-6-8-10-12-14-16-18-20-22-24-26-28-30-32-34-36-37-38-39-40-41-43-44-46-48-50-52-54-56-58-60-62-64-66-68-70-77(80)84-74-76(75-86-88(82,83)85-73-72-79(3,4)5)87-78(81)71-69-67-65-63-61-59-57-55-53-51-49-47-45-42-35-33-31-29-27-25-23-21-19-17-15-13-11-9-7-2/h9,11,15,17,21,23,27,29,33,35,76H,6-8,10,12-14,16,18-20,22,24-26,28,30-32,34,36-75H2,1-5H3/p+1/b11-9-,17-15-,23-21-,29-27-,35-33-. The van der Waals surface area contributed by atoms with Gasteiger partial charge in [-0.1, -0.05) is 364 Å². The van der Waals surface area contributed by atoms with Crippen LogP contribution in [-0.2, 0) is 32.7 Å². The van der Waals surface area contributed by atoms with E-state index in [1.54, 1.807) is 0 Å². The summed E-state index contributed by atoms with van der Waals surface area (Å²) in [7, 11) is 1.49. The number of hydrogen-bond donors (Lipinski definition) is 1. The smallest absolute Gasteiger partial charge is 0.462 e. The van der Waals surface area contributed by atoms with E-state index in [4.69, 9.17) is 18.5 Å². The molecule has 0 aliphatic heterocycles. The first-order valence-corrected chi connectivity index (χ1v) is 39.5. The van der Waals surface area contributed by atoms with Crippen LogP contribution >= 0.6 is 7.82 Å². The summed E-state index contributed by atoms with van der Waals surface area (Å²) in [6.07, 6.45) is 92.2. The van der Waals surface area contributed by atoms with E-state index < -0.39 is 26.5 Å². The van der Waals surface area contributed by atoms with E-state index in [0.717, 1.165) is 70.6 Å². The van der Waals surface area contributed by atoms with Crippen LogP contribution in [0.3, 0.4) is 0 Å². The zero-order valence-electron chi connectivity index (χ0n) is 59.0. The summed E-state index contributed by atoms with van der Waals surface area (Å²) in [6.45, 7) is 4.38. The van der Waals surface area contributed by atoms with E-state index in [9.17, 15) is 19.0 Å². The number of rotatable bonds is 71. The first kappa shape index (κ1) is 85.7. The molecule has 10 heteroatoms. The quantitative estimate of drug-likeness (QED) is 0.0211. The van der Waals surface area contributed by atoms with Crippen molar-refractivity contribution in [1.29, 1.82) is 0 Å². The minimum Gasteiger partial charge on any atom is -0.462 e. The van der Waals surface area contributed by atoms with Gasteiger partial charge >= 0.3 is 19.8 Å². The fraction of sp³-hybridized carbons (Fsp3) is 0.846. The second-order valence-corrected chi connectivity index (χ2v) is 28.5. The van der Waals surface area contributed by atoms with Crippen molar-refractivity contribution in [3.8, 4) is 0 Å². The van der Waals surface area contributed by atoms with Gasteiger partial charge in [0.05, 0.1) is 27.7 Å². The molecule has 0 heterocycles. The zero-order valence-corrected chi connectivity index (χ0v) is 59.9. The molecule has 516 valence electrons. The Labute approximate surface area is 546 Å². The molecule has 0 bridgehead atoms. The number of phosphoric acid groups is 1. The van der Waals surface area contributed by atoms with Crippen molar-refractivity contribution >= 4 is 19.8 Å². The van der Waals surface area contributed by atoms with E-state index in [1.165, 1.54) is 270 Å². The van der Waals surface area contributed by atoms with Crippen LogP contribution in [0.25, 0.3) is 0 Å². The van der Waals surface area contributed by atoms with Crippen LogP contribution in [0.15, 0.2) is 60.8 Å². The lowest BCUT2D eigenvalue weighted by atomic mass is 10.0. The molecule has 9 nitrogen and oxygen atoms in total. The molecule has 0 radical (unpaired) electrons.